The van der Waals surface area contributed by atoms with Gasteiger partial charge in [0.2, 0.25) is 0 Å². The van der Waals surface area contributed by atoms with Crippen molar-refractivity contribution in [3.05, 3.63) is 29.3 Å². The molecule has 4 rings (SSSR count). The minimum absolute atomic E-state index is 0.898. The fraction of sp³-hybridized carbons (Fsp3) is 0.647. The lowest BCUT2D eigenvalue weighted by Crippen LogP contribution is -2.28. The van der Waals surface area contributed by atoms with Crippen molar-refractivity contribution in [3.63, 3.8) is 0 Å². The van der Waals surface area contributed by atoms with E-state index in [1.165, 1.54) is 68.4 Å². The molecule has 2 heteroatoms. The molecule has 102 valence electrons. The zero-order chi connectivity index (χ0) is 12.7. The van der Waals surface area contributed by atoms with Gasteiger partial charge in [-0.05, 0) is 61.6 Å². The van der Waals surface area contributed by atoms with E-state index in [9.17, 15) is 0 Å². The highest BCUT2D eigenvalue weighted by molar-refractivity contribution is 5.54. The fourth-order valence-corrected chi connectivity index (χ4v) is 3.28. The molecular formula is C17H24N2. The lowest BCUT2D eigenvalue weighted by atomic mass is 10.0. The van der Waals surface area contributed by atoms with E-state index in [0.717, 1.165) is 18.5 Å². The maximum atomic E-state index is 3.51. The van der Waals surface area contributed by atoms with Gasteiger partial charge in [-0.2, -0.15) is 0 Å². The maximum absolute atomic E-state index is 3.51. The Morgan fingerprint density at radius 3 is 2.84 bits per heavy atom. The van der Waals surface area contributed by atoms with Crippen LogP contribution in [0, 0.1) is 5.92 Å². The van der Waals surface area contributed by atoms with E-state index in [1.54, 1.807) is 0 Å². The van der Waals surface area contributed by atoms with Crippen LogP contribution in [0.1, 0.15) is 43.2 Å². The third kappa shape index (κ3) is 2.79. The summed E-state index contributed by atoms with van der Waals surface area (Å²) in [7, 11) is 0. The van der Waals surface area contributed by atoms with E-state index in [-0.39, 0.29) is 0 Å². The lowest BCUT2D eigenvalue weighted by Gasteiger charge is -2.24. The summed E-state index contributed by atoms with van der Waals surface area (Å²) in [6, 6.07) is 7.98. The van der Waals surface area contributed by atoms with E-state index in [2.05, 4.69) is 28.4 Å². The monoisotopic (exact) mass is 256 g/mol. The number of nitrogens with zero attached hydrogens (tertiary/aromatic N) is 1. The predicted molar refractivity (Wildman–Crippen MR) is 79.4 cm³/mol. The molecule has 2 nitrogen and oxygen atoms in total. The highest BCUT2D eigenvalue weighted by Gasteiger charge is 2.33. The zero-order valence-corrected chi connectivity index (χ0v) is 11.7. The molecule has 0 atom stereocenters. The van der Waals surface area contributed by atoms with E-state index in [4.69, 9.17) is 0 Å². The molecule has 0 spiro atoms. The number of benzene rings is 1. The molecule has 19 heavy (non-hydrogen) atoms. The molecule has 0 unspecified atom stereocenters. The summed E-state index contributed by atoms with van der Waals surface area (Å²) < 4.78 is 0. The van der Waals surface area contributed by atoms with Gasteiger partial charge < -0.3 is 5.32 Å². The number of rotatable bonds is 5. The maximum Gasteiger partial charge on any atom is 0.0372 e. The van der Waals surface area contributed by atoms with Crippen molar-refractivity contribution < 1.29 is 0 Å². The van der Waals surface area contributed by atoms with Gasteiger partial charge in [0.1, 0.15) is 0 Å². The predicted octanol–water partition coefficient (Wildman–Crippen LogP) is 3.42. The van der Waals surface area contributed by atoms with Crippen LogP contribution in [-0.2, 0) is 13.0 Å². The molecule has 1 aliphatic heterocycles. The van der Waals surface area contributed by atoms with Crippen molar-refractivity contribution >= 4 is 5.69 Å². The SMILES string of the molecule is c1cc2c(cc1CN(CC1CC1)C1CC1)CCCN2. The van der Waals surface area contributed by atoms with Crippen LogP contribution in [0.25, 0.3) is 0 Å². The Bertz CT molecular complexity index is 460. The molecule has 1 heterocycles. The summed E-state index contributed by atoms with van der Waals surface area (Å²) >= 11 is 0. The van der Waals surface area contributed by atoms with Crippen LogP contribution in [0.4, 0.5) is 5.69 Å². The van der Waals surface area contributed by atoms with Crippen molar-refractivity contribution in [2.24, 2.45) is 5.92 Å². The average Bonchev–Trinajstić information content (AvgIpc) is 3.30. The smallest absolute Gasteiger partial charge is 0.0372 e. The lowest BCUT2D eigenvalue weighted by molar-refractivity contribution is 0.244. The zero-order valence-electron chi connectivity index (χ0n) is 11.7. The Balaban J connectivity index is 1.47. The second-order valence-corrected chi connectivity index (χ2v) is 6.63. The van der Waals surface area contributed by atoms with Crippen molar-refractivity contribution in [1.29, 1.82) is 0 Å². The summed E-state index contributed by atoms with van der Waals surface area (Å²) in [4.78, 5) is 2.75. The van der Waals surface area contributed by atoms with Gasteiger partial charge in [-0.15, -0.1) is 0 Å². The minimum Gasteiger partial charge on any atom is -0.385 e. The molecule has 2 saturated carbocycles. The molecular weight excluding hydrogens is 232 g/mol. The Morgan fingerprint density at radius 1 is 1.16 bits per heavy atom. The summed E-state index contributed by atoms with van der Waals surface area (Å²) in [6.45, 7) is 3.66. The van der Waals surface area contributed by atoms with E-state index < -0.39 is 0 Å². The van der Waals surface area contributed by atoms with Crippen LogP contribution < -0.4 is 5.32 Å². The second-order valence-electron chi connectivity index (χ2n) is 6.63. The number of aryl methyl sites for hydroxylation is 1. The van der Waals surface area contributed by atoms with Gasteiger partial charge >= 0.3 is 0 Å². The molecule has 2 fully saturated rings. The minimum atomic E-state index is 0.898. The van der Waals surface area contributed by atoms with Crippen LogP contribution in [-0.4, -0.2) is 24.0 Å². The normalized spacial score (nSPS) is 22.2. The molecule has 1 aromatic rings. The largest absolute Gasteiger partial charge is 0.385 e. The molecule has 0 amide bonds. The molecule has 3 aliphatic rings. The number of nitrogens with one attached hydrogen (secondary N) is 1. The summed E-state index contributed by atoms with van der Waals surface area (Å²) in [5, 5.41) is 3.51. The Hall–Kier alpha value is -1.02. The quantitative estimate of drug-likeness (QED) is 0.868. The second kappa shape index (κ2) is 4.82. The van der Waals surface area contributed by atoms with Crippen LogP contribution in [0.15, 0.2) is 18.2 Å². The summed E-state index contributed by atoms with van der Waals surface area (Å²) in [5.74, 6) is 1.01. The summed E-state index contributed by atoms with van der Waals surface area (Å²) in [5.41, 5.74) is 4.43. The van der Waals surface area contributed by atoms with Crippen LogP contribution in [0.2, 0.25) is 0 Å². The molecule has 1 N–H and O–H groups in total. The molecule has 0 radical (unpaired) electrons. The number of fused-ring (bicyclic) bond motifs is 1. The van der Waals surface area contributed by atoms with E-state index in [1.807, 2.05) is 0 Å². The summed E-state index contributed by atoms with van der Waals surface area (Å²) in [6.07, 6.45) is 8.33. The van der Waals surface area contributed by atoms with Crippen LogP contribution in [0.5, 0.6) is 0 Å². The average molecular weight is 256 g/mol. The van der Waals surface area contributed by atoms with Gasteiger partial charge in [0, 0.05) is 31.4 Å². The Morgan fingerprint density at radius 2 is 2.05 bits per heavy atom. The van der Waals surface area contributed by atoms with Gasteiger partial charge in [0.25, 0.3) is 0 Å². The van der Waals surface area contributed by atoms with Crippen molar-refractivity contribution in [2.75, 3.05) is 18.4 Å². The first-order valence-electron chi connectivity index (χ1n) is 7.98. The Labute approximate surface area is 116 Å². The number of anilines is 1. The fourth-order valence-electron chi connectivity index (χ4n) is 3.28. The van der Waals surface area contributed by atoms with Crippen LogP contribution in [0.3, 0.4) is 0 Å². The molecule has 0 saturated heterocycles. The third-order valence-corrected chi connectivity index (χ3v) is 4.75. The highest BCUT2D eigenvalue weighted by Crippen LogP contribution is 2.36. The van der Waals surface area contributed by atoms with Gasteiger partial charge in [0.05, 0.1) is 0 Å². The van der Waals surface area contributed by atoms with Crippen LogP contribution >= 0.6 is 0 Å². The molecule has 0 bridgehead atoms. The van der Waals surface area contributed by atoms with E-state index >= 15 is 0 Å². The molecule has 1 aromatic carbocycles. The first kappa shape index (κ1) is 11.8. The van der Waals surface area contributed by atoms with Crippen molar-refractivity contribution in [1.82, 2.24) is 4.90 Å². The van der Waals surface area contributed by atoms with E-state index in [0.29, 0.717) is 0 Å². The van der Waals surface area contributed by atoms with Crippen molar-refractivity contribution in [2.45, 2.75) is 51.1 Å². The first-order valence-corrected chi connectivity index (χ1v) is 7.98. The number of hydrogen-bond acceptors (Lipinski definition) is 2. The molecule has 2 aliphatic carbocycles. The Kier molecular flexibility index (Phi) is 2.99. The topological polar surface area (TPSA) is 15.3 Å². The highest BCUT2D eigenvalue weighted by atomic mass is 15.2. The van der Waals surface area contributed by atoms with Gasteiger partial charge in [0.15, 0.2) is 0 Å². The van der Waals surface area contributed by atoms with Crippen molar-refractivity contribution in [3.8, 4) is 0 Å². The first-order chi connectivity index (χ1) is 9.38. The van der Waals surface area contributed by atoms with Gasteiger partial charge in [-0.25, -0.2) is 0 Å². The van der Waals surface area contributed by atoms with Gasteiger partial charge in [-0.3, -0.25) is 4.90 Å². The molecule has 0 aromatic heterocycles. The standard InChI is InChI=1S/C17H24N2/c1-2-15-10-14(5-8-17(15)18-9-1)12-19(16-6-7-16)11-13-3-4-13/h5,8,10,13,16,18H,1-4,6-7,9,11-12H2. The number of hydrogen-bond donors (Lipinski definition) is 1. The van der Waals surface area contributed by atoms with Gasteiger partial charge in [-0.1, -0.05) is 12.1 Å². The third-order valence-electron chi connectivity index (χ3n) is 4.75.